The van der Waals surface area contributed by atoms with Crippen LogP contribution in [-0.4, -0.2) is 28.2 Å². The van der Waals surface area contributed by atoms with Crippen molar-refractivity contribution < 1.29 is 9.59 Å². The minimum Gasteiger partial charge on any atom is -0.340 e. The normalized spacial score (nSPS) is 16.1. The van der Waals surface area contributed by atoms with Gasteiger partial charge < -0.3 is 4.90 Å². The van der Waals surface area contributed by atoms with Crippen molar-refractivity contribution in [3.63, 3.8) is 0 Å². The van der Waals surface area contributed by atoms with Gasteiger partial charge in [0.05, 0.1) is 10.6 Å². The molecule has 3 rings (SSSR count). The monoisotopic (exact) mass is 332 g/mol. The van der Waals surface area contributed by atoms with Crippen LogP contribution in [0.4, 0.5) is 10.7 Å². The van der Waals surface area contributed by atoms with Crippen molar-refractivity contribution in [3.05, 3.63) is 45.3 Å². The number of amides is 2. The predicted octanol–water partition coefficient (Wildman–Crippen LogP) is 2.50. The third-order valence-electron chi connectivity index (χ3n) is 2.93. The molecule has 0 aliphatic carbocycles. The van der Waals surface area contributed by atoms with Gasteiger partial charge in [-0.1, -0.05) is 0 Å². The van der Waals surface area contributed by atoms with Crippen molar-refractivity contribution in [1.29, 1.82) is 0 Å². The van der Waals surface area contributed by atoms with E-state index in [2.05, 4.69) is 26.7 Å². The van der Waals surface area contributed by atoms with Crippen molar-refractivity contribution in [2.75, 3.05) is 11.9 Å². The Kier molecular flexibility index (Phi) is 4.21. The molecule has 1 aliphatic heterocycles. The molecule has 6 nitrogen and oxygen atoms in total. The molecule has 0 atom stereocenters. The smallest absolute Gasteiger partial charge is 0.290 e. The van der Waals surface area contributed by atoms with E-state index in [1.807, 2.05) is 17.3 Å². The first kappa shape index (κ1) is 14.7. The molecule has 1 aliphatic rings. The molecule has 1 saturated heterocycles. The lowest BCUT2D eigenvalue weighted by molar-refractivity contribution is -0.115. The van der Waals surface area contributed by atoms with Gasteiger partial charge in [-0.25, -0.2) is 9.97 Å². The van der Waals surface area contributed by atoms with Crippen LogP contribution in [0.2, 0.25) is 0 Å². The number of imide groups is 1. The summed E-state index contributed by atoms with van der Waals surface area (Å²) in [6.07, 6.45) is 3.23. The number of carbonyl (C=O) groups excluding carboxylic acids is 2. The van der Waals surface area contributed by atoms with Crippen LogP contribution < -0.4 is 10.2 Å². The van der Waals surface area contributed by atoms with Crippen molar-refractivity contribution in [1.82, 2.24) is 15.3 Å². The Labute approximate surface area is 135 Å². The Balaban J connectivity index is 1.79. The molecule has 0 unspecified atom stereocenters. The summed E-state index contributed by atoms with van der Waals surface area (Å²) in [4.78, 5) is 33.6. The number of rotatable bonds is 4. The third kappa shape index (κ3) is 3.34. The maximum atomic E-state index is 11.5. The molecular weight excluding hydrogens is 320 g/mol. The Hall–Kier alpha value is -2.19. The largest absolute Gasteiger partial charge is 0.340 e. The van der Waals surface area contributed by atoms with Crippen LogP contribution in [0.1, 0.15) is 11.3 Å². The predicted molar refractivity (Wildman–Crippen MR) is 87.6 cm³/mol. The van der Waals surface area contributed by atoms with Crippen molar-refractivity contribution in [2.24, 2.45) is 0 Å². The average Bonchev–Trinajstić information content (AvgIpc) is 3.09. The van der Waals surface area contributed by atoms with E-state index in [0.29, 0.717) is 23.1 Å². The summed E-state index contributed by atoms with van der Waals surface area (Å²) in [6, 6.07) is 3.75. The van der Waals surface area contributed by atoms with Crippen LogP contribution in [0, 0.1) is 0 Å². The fourth-order valence-corrected chi connectivity index (χ4v) is 3.24. The topological polar surface area (TPSA) is 75.2 Å². The number of nitrogens with zero attached hydrogens (tertiary/aromatic N) is 3. The summed E-state index contributed by atoms with van der Waals surface area (Å²) in [6.45, 7) is 0.706. The Morgan fingerprint density at radius 3 is 2.91 bits per heavy atom. The molecule has 1 N–H and O–H groups in total. The van der Waals surface area contributed by atoms with Gasteiger partial charge in [-0.05, 0) is 46.3 Å². The molecule has 0 spiro atoms. The molecule has 0 aromatic carbocycles. The Bertz CT molecular complexity index is 743. The summed E-state index contributed by atoms with van der Waals surface area (Å²) >= 11 is 2.52. The highest BCUT2D eigenvalue weighted by atomic mass is 32.2. The van der Waals surface area contributed by atoms with Gasteiger partial charge in [0.1, 0.15) is 0 Å². The zero-order valence-corrected chi connectivity index (χ0v) is 13.3. The van der Waals surface area contributed by atoms with Crippen LogP contribution in [0.3, 0.4) is 0 Å². The van der Waals surface area contributed by atoms with Crippen molar-refractivity contribution in [3.8, 4) is 0 Å². The zero-order valence-electron chi connectivity index (χ0n) is 11.6. The Morgan fingerprint density at radius 1 is 1.36 bits per heavy atom. The Morgan fingerprint density at radius 2 is 2.23 bits per heavy atom. The summed E-state index contributed by atoms with van der Waals surface area (Å²) in [5, 5.41) is 5.96. The highest BCUT2D eigenvalue weighted by Gasteiger charge is 2.25. The van der Waals surface area contributed by atoms with E-state index in [4.69, 9.17) is 0 Å². The number of hydrogen-bond donors (Lipinski definition) is 1. The van der Waals surface area contributed by atoms with Gasteiger partial charge in [0.25, 0.3) is 11.1 Å². The summed E-state index contributed by atoms with van der Waals surface area (Å²) in [5.41, 5.74) is 1.78. The van der Waals surface area contributed by atoms with Crippen LogP contribution in [0.15, 0.2) is 34.0 Å². The number of thiophene rings is 1. The SMILES string of the molecule is CN(Cc1ccsc1)c1nccc(C=C2SC(=O)NC2=O)n1. The highest BCUT2D eigenvalue weighted by Crippen LogP contribution is 2.25. The van der Waals surface area contributed by atoms with Gasteiger partial charge in [0, 0.05) is 19.8 Å². The quantitative estimate of drug-likeness (QED) is 0.867. The number of carbonyl (C=O) groups is 2. The first-order chi connectivity index (χ1) is 10.6. The first-order valence-corrected chi connectivity index (χ1v) is 8.18. The second kappa shape index (κ2) is 6.29. The highest BCUT2D eigenvalue weighted by molar-refractivity contribution is 8.18. The minimum absolute atomic E-state index is 0.343. The van der Waals surface area contributed by atoms with Gasteiger partial charge in [-0.2, -0.15) is 11.3 Å². The van der Waals surface area contributed by atoms with E-state index in [1.165, 1.54) is 5.56 Å². The second-order valence-electron chi connectivity index (χ2n) is 4.62. The van der Waals surface area contributed by atoms with Gasteiger partial charge in [0.2, 0.25) is 5.95 Å². The molecule has 0 radical (unpaired) electrons. The number of hydrogen-bond acceptors (Lipinski definition) is 7. The third-order valence-corrected chi connectivity index (χ3v) is 4.47. The van der Waals surface area contributed by atoms with Crippen molar-refractivity contribution in [2.45, 2.75) is 6.54 Å². The fraction of sp³-hybridized carbons (Fsp3) is 0.143. The van der Waals surface area contributed by atoms with Gasteiger partial charge >= 0.3 is 0 Å². The summed E-state index contributed by atoms with van der Waals surface area (Å²) in [7, 11) is 1.91. The zero-order chi connectivity index (χ0) is 15.5. The average molecular weight is 332 g/mol. The summed E-state index contributed by atoms with van der Waals surface area (Å²) < 4.78 is 0. The summed E-state index contributed by atoms with van der Waals surface area (Å²) in [5.74, 6) is 0.178. The van der Waals surface area contributed by atoms with Crippen LogP contribution >= 0.6 is 23.1 Å². The molecule has 0 bridgehead atoms. The number of nitrogens with one attached hydrogen (secondary N) is 1. The van der Waals surface area contributed by atoms with E-state index >= 15 is 0 Å². The maximum absolute atomic E-state index is 11.5. The minimum atomic E-state index is -0.387. The standard InChI is InChI=1S/C14H12N4O2S2/c1-18(7-9-3-5-21-8-9)13-15-4-2-10(16-13)6-11-12(19)17-14(20)22-11/h2-6,8H,7H2,1H3,(H,17,19,20). The molecule has 22 heavy (non-hydrogen) atoms. The number of anilines is 1. The van der Waals surface area contributed by atoms with Crippen LogP contribution in [0.25, 0.3) is 6.08 Å². The van der Waals surface area contributed by atoms with Gasteiger partial charge in [-0.15, -0.1) is 0 Å². The molecule has 2 amide bonds. The van der Waals surface area contributed by atoms with Crippen LogP contribution in [-0.2, 0) is 11.3 Å². The van der Waals surface area contributed by atoms with Gasteiger partial charge in [-0.3, -0.25) is 14.9 Å². The molecule has 112 valence electrons. The number of thioether (sulfide) groups is 1. The molecule has 2 aromatic rings. The van der Waals surface area contributed by atoms with E-state index in [-0.39, 0.29) is 11.1 Å². The molecule has 2 aromatic heterocycles. The molecule has 1 fully saturated rings. The molecular formula is C14H12N4O2S2. The van der Waals surface area contributed by atoms with E-state index in [0.717, 1.165) is 11.8 Å². The first-order valence-electron chi connectivity index (χ1n) is 6.42. The molecule has 0 saturated carbocycles. The second-order valence-corrected chi connectivity index (χ2v) is 6.42. The molecule has 8 heteroatoms. The molecule has 3 heterocycles. The lowest BCUT2D eigenvalue weighted by Gasteiger charge is -2.16. The van der Waals surface area contributed by atoms with E-state index in [9.17, 15) is 9.59 Å². The van der Waals surface area contributed by atoms with Crippen molar-refractivity contribution >= 4 is 46.3 Å². The number of aromatic nitrogens is 2. The fourth-order valence-electron chi connectivity index (χ4n) is 1.91. The van der Waals surface area contributed by atoms with E-state index < -0.39 is 0 Å². The van der Waals surface area contributed by atoms with Gasteiger partial charge in [0.15, 0.2) is 0 Å². The lowest BCUT2D eigenvalue weighted by atomic mass is 10.3. The van der Waals surface area contributed by atoms with Crippen LogP contribution in [0.5, 0.6) is 0 Å². The lowest BCUT2D eigenvalue weighted by Crippen LogP contribution is -2.19. The van der Waals surface area contributed by atoms with E-state index in [1.54, 1.807) is 29.7 Å². The maximum Gasteiger partial charge on any atom is 0.290 e.